The molecule has 1 atom stereocenters. The van der Waals surface area contributed by atoms with Crippen molar-refractivity contribution in [1.29, 1.82) is 0 Å². The van der Waals surface area contributed by atoms with Crippen LogP contribution < -0.4 is 11.1 Å². The lowest BCUT2D eigenvalue weighted by molar-refractivity contribution is -0.139. The number of carboxylic acid groups (broad SMARTS) is 1. The number of fused-ring (bicyclic) bond motifs is 1. The van der Waals surface area contributed by atoms with E-state index < -0.39 is 23.7 Å². The average molecular weight is 316 g/mol. The maximum absolute atomic E-state index is 12.2. The summed E-state index contributed by atoms with van der Waals surface area (Å²) in [4.78, 5) is 43.6. The zero-order valence-corrected chi connectivity index (χ0v) is 11.7. The summed E-state index contributed by atoms with van der Waals surface area (Å²) in [5.74, 6) is -2.35. The fraction of sp³-hybridized carbons (Fsp3) is 0.143. The monoisotopic (exact) mass is 316 g/mol. The Morgan fingerprint density at radius 2 is 2.22 bits per heavy atom. The lowest BCUT2D eigenvalue weighted by Crippen LogP contribution is -2.42. The number of carboxylic acids is 1. The maximum Gasteiger partial charge on any atom is 0.417 e. The van der Waals surface area contributed by atoms with E-state index in [2.05, 4.69) is 20.3 Å². The Morgan fingerprint density at radius 1 is 1.39 bits per heavy atom. The maximum atomic E-state index is 12.2. The minimum atomic E-state index is -1.16. The van der Waals surface area contributed by atoms with Gasteiger partial charge in [0.05, 0.1) is 11.8 Å². The Morgan fingerprint density at radius 3 is 2.91 bits per heavy atom. The second kappa shape index (κ2) is 5.79. The molecule has 0 aliphatic rings. The Balaban J connectivity index is 1.79. The van der Waals surface area contributed by atoms with Crippen LogP contribution in [0.4, 0.5) is 0 Å². The second-order valence-electron chi connectivity index (χ2n) is 4.87. The molecule has 23 heavy (non-hydrogen) atoms. The zero-order chi connectivity index (χ0) is 16.4. The van der Waals surface area contributed by atoms with E-state index >= 15 is 0 Å². The molecule has 2 heterocycles. The van der Waals surface area contributed by atoms with Gasteiger partial charge in [-0.1, -0.05) is 0 Å². The highest BCUT2D eigenvalue weighted by Gasteiger charge is 2.22. The van der Waals surface area contributed by atoms with Crippen LogP contribution in [-0.4, -0.2) is 38.0 Å². The topological polar surface area (TPSA) is 141 Å². The van der Waals surface area contributed by atoms with Crippen LogP contribution >= 0.6 is 0 Å². The van der Waals surface area contributed by atoms with Crippen molar-refractivity contribution < 1.29 is 19.1 Å². The second-order valence-corrected chi connectivity index (χ2v) is 4.87. The number of aliphatic carboxylic acids is 1. The standard InChI is InChI=1S/C14H12N4O5/c19-12(7-1-2-11-9(3-7)18-14(22)23-11)17-10(13(20)21)4-8-5-15-6-16-8/h1-3,5-6,10H,4H2,(H,15,16)(H,17,19)(H,18,22)(H,20,21). The first-order chi connectivity index (χ1) is 11.0. The van der Waals surface area contributed by atoms with E-state index in [0.717, 1.165) is 0 Å². The summed E-state index contributed by atoms with van der Waals surface area (Å²) in [6.07, 6.45) is 3.00. The number of hydrogen-bond donors (Lipinski definition) is 4. The molecule has 3 rings (SSSR count). The first-order valence-corrected chi connectivity index (χ1v) is 6.67. The van der Waals surface area contributed by atoms with Crippen LogP contribution in [0.1, 0.15) is 16.1 Å². The van der Waals surface area contributed by atoms with Crippen LogP contribution in [0.3, 0.4) is 0 Å². The van der Waals surface area contributed by atoms with Gasteiger partial charge >= 0.3 is 11.7 Å². The summed E-state index contributed by atoms with van der Waals surface area (Å²) in [5, 5.41) is 11.7. The van der Waals surface area contributed by atoms with E-state index in [0.29, 0.717) is 16.8 Å². The third-order valence-electron chi connectivity index (χ3n) is 3.26. The Labute approximate surface area is 128 Å². The van der Waals surface area contributed by atoms with Crippen molar-refractivity contribution in [2.45, 2.75) is 12.5 Å². The number of amides is 1. The molecule has 4 N–H and O–H groups in total. The third-order valence-corrected chi connectivity index (χ3v) is 3.26. The highest BCUT2D eigenvalue weighted by Crippen LogP contribution is 2.12. The molecule has 0 saturated carbocycles. The van der Waals surface area contributed by atoms with Gasteiger partial charge in [0.1, 0.15) is 6.04 Å². The largest absolute Gasteiger partial charge is 0.480 e. The molecule has 0 spiro atoms. The van der Waals surface area contributed by atoms with Gasteiger partial charge in [-0.05, 0) is 18.2 Å². The molecule has 0 fully saturated rings. The van der Waals surface area contributed by atoms with Crippen LogP contribution in [0, 0.1) is 0 Å². The number of carbonyl (C=O) groups excluding carboxylic acids is 1. The summed E-state index contributed by atoms with van der Waals surface area (Å²) < 4.78 is 4.84. The summed E-state index contributed by atoms with van der Waals surface area (Å²) >= 11 is 0. The van der Waals surface area contributed by atoms with Crippen LogP contribution in [0.2, 0.25) is 0 Å². The highest BCUT2D eigenvalue weighted by atomic mass is 16.4. The van der Waals surface area contributed by atoms with Crippen molar-refractivity contribution in [3.8, 4) is 0 Å². The van der Waals surface area contributed by atoms with E-state index in [1.54, 1.807) is 0 Å². The van der Waals surface area contributed by atoms with Crippen molar-refractivity contribution in [3.63, 3.8) is 0 Å². The van der Waals surface area contributed by atoms with Crippen molar-refractivity contribution in [1.82, 2.24) is 20.3 Å². The number of aromatic amines is 2. The first kappa shape index (κ1) is 14.6. The van der Waals surface area contributed by atoms with E-state index in [-0.39, 0.29) is 12.0 Å². The van der Waals surface area contributed by atoms with Gasteiger partial charge in [-0.25, -0.2) is 14.6 Å². The van der Waals surface area contributed by atoms with Crippen molar-refractivity contribution >= 4 is 23.0 Å². The molecular weight excluding hydrogens is 304 g/mol. The molecule has 0 saturated heterocycles. The fourth-order valence-electron chi connectivity index (χ4n) is 2.15. The van der Waals surface area contributed by atoms with E-state index in [4.69, 9.17) is 4.42 Å². The Hall–Kier alpha value is -3.36. The summed E-state index contributed by atoms with van der Waals surface area (Å²) in [7, 11) is 0. The molecular formula is C14H12N4O5. The van der Waals surface area contributed by atoms with Crippen LogP contribution in [0.5, 0.6) is 0 Å². The average Bonchev–Trinajstić information content (AvgIpc) is 3.13. The zero-order valence-electron chi connectivity index (χ0n) is 11.7. The number of benzene rings is 1. The van der Waals surface area contributed by atoms with E-state index in [1.807, 2.05) is 0 Å². The normalized spacial score (nSPS) is 12.2. The van der Waals surface area contributed by atoms with Gasteiger partial charge in [-0.15, -0.1) is 0 Å². The molecule has 0 aliphatic heterocycles. The predicted molar refractivity (Wildman–Crippen MR) is 78.0 cm³/mol. The number of H-pyrrole nitrogens is 2. The number of rotatable bonds is 5. The van der Waals surface area contributed by atoms with Gasteiger partial charge in [0.15, 0.2) is 5.58 Å². The van der Waals surface area contributed by atoms with Crippen LogP contribution in [0.15, 0.2) is 39.9 Å². The third kappa shape index (κ3) is 3.12. The number of aromatic nitrogens is 3. The highest BCUT2D eigenvalue weighted by molar-refractivity contribution is 5.98. The predicted octanol–water partition coefficient (Wildman–Crippen LogP) is 0.270. The van der Waals surface area contributed by atoms with E-state index in [1.165, 1.54) is 30.7 Å². The lowest BCUT2D eigenvalue weighted by atomic mass is 10.1. The van der Waals surface area contributed by atoms with Crippen LogP contribution in [0.25, 0.3) is 11.1 Å². The van der Waals surface area contributed by atoms with Gasteiger partial charge < -0.3 is 19.8 Å². The number of nitrogens with one attached hydrogen (secondary N) is 3. The smallest absolute Gasteiger partial charge is 0.417 e. The summed E-state index contributed by atoms with van der Waals surface area (Å²) in [6.45, 7) is 0. The number of nitrogens with zero attached hydrogens (tertiary/aromatic N) is 1. The van der Waals surface area contributed by atoms with Gasteiger partial charge in [0.25, 0.3) is 5.91 Å². The van der Waals surface area contributed by atoms with Gasteiger partial charge in [0, 0.05) is 23.9 Å². The van der Waals surface area contributed by atoms with Crippen molar-refractivity contribution in [2.75, 3.05) is 0 Å². The number of oxazole rings is 1. The number of hydrogen-bond acceptors (Lipinski definition) is 5. The number of imidazole rings is 1. The minimum absolute atomic E-state index is 0.0753. The molecule has 0 radical (unpaired) electrons. The SMILES string of the molecule is O=C(NC(Cc1cnc[nH]1)C(=O)O)c1ccc2oc(=O)[nH]c2c1. The van der Waals surface area contributed by atoms with Gasteiger partial charge in [0.2, 0.25) is 0 Å². The van der Waals surface area contributed by atoms with Crippen molar-refractivity contribution in [2.24, 2.45) is 0 Å². The molecule has 1 aromatic carbocycles. The lowest BCUT2D eigenvalue weighted by Gasteiger charge is -2.13. The summed E-state index contributed by atoms with van der Waals surface area (Å²) in [6, 6.07) is 3.23. The molecule has 0 aliphatic carbocycles. The Kier molecular flexibility index (Phi) is 3.67. The van der Waals surface area contributed by atoms with Gasteiger partial charge in [-0.3, -0.25) is 9.78 Å². The quantitative estimate of drug-likeness (QED) is 0.532. The van der Waals surface area contributed by atoms with Crippen LogP contribution in [-0.2, 0) is 11.2 Å². The van der Waals surface area contributed by atoms with Gasteiger partial charge in [-0.2, -0.15) is 0 Å². The molecule has 2 aromatic heterocycles. The molecule has 3 aromatic rings. The van der Waals surface area contributed by atoms with E-state index in [9.17, 15) is 19.5 Å². The first-order valence-electron chi connectivity index (χ1n) is 6.67. The molecule has 1 unspecified atom stereocenters. The molecule has 1 amide bonds. The fourth-order valence-corrected chi connectivity index (χ4v) is 2.15. The molecule has 9 nitrogen and oxygen atoms in total. The Bertz CT molecular complexity index is 909. The molecule has 0 bridgehead atoms. The molecule has 118 valence electrons. The number of carbonyl (C=O) groups is 2. The summed E-state index contributed by atoms with van der Waals surface area (Å²) in [5.41, 5.74) is 1.49. The molecule has 9 heteroatoms. The van der Waals surface area contributed by atoms with Crippen molar-refractivity contribution in [3.05, 3.63) is 52.5 Å². The minimum Gasteiger partial charge on any atom is -0.480 e.